The fraction of sp³-hybridized carbons (Fsp3) is 0.208. The van der Waals surface area contributed by atoms with Crippen LogP contribution in [0.25, 0.3) is 0 Å². The highest BCUT2D eigenvalue weighted by atomic mass is 19.3. The van der Waals surface area contributed by atoms with Gasteiger partial charge >= 0.3 is 6.61 Å². The summed E-state index contributed by atoms with van der Waals surface area (Å²) >= 11 is 0. The smallest absolute Gasteiger partial charge is 0.387 e. The predicted molar refractivity (Wildman–Crippen MR) is 111 cm³/mol. The minimum absolute atomic E-state index is 0.0514. The first kappa shape index (κ1) is 21.5. The summed E-state index contributed by atoms with van der Waals surface area (Å²) in [5, 5.41) is 4.89. The molecule has 3 aromatic carbocycles. The van der Waals surface area contributed by atoms with Crippen molar-refractivity contribution in [2.45, 2.75) is 19.1 Å². The number of alkyl halides is 2. The number of rotatable bonds is 10. The molecule has 3 rings (SSSR count). The lowest BCUT2D eigenvalue weighted by Gasteiger charge is -2.17. The van der Waals surface area contributed by atoms with Crippen LogP contribution in [-0.2, 0) is 11.2 Å². The lowest BCUT2D eigenvalue weighted by Crippen LogP contribution is -2.87. The highest BCUT2D eigenvalue weighted by Gasteiger charge is 2.19. The maximum absolute atomic E-state index is 12.4. The van der Waals surface area contributed by atoms with Crippen LogP contribution >= 0.6 is 0 Å². The van der Waals surface area contributed by atoms with Gasteiger partial charge in [0.15, 0.2) is 6.54 Å². The second kappa shape index (κ2) is 11.1. The molecule has 0 aromatic heterocycles. The fourth-order valence-corrected chi connectivity index (χ4v) is 3.27. The quantitative estimate of drug-likeness (QED) is 0.538. The summed E-state index contributed by atoms with van der Waals surface area (Å²) in [6, 6.07) is 26.2. The molecular weight excluding hydrogens is 386 g/mol. The van der Waals surface area contributed by atoms with Gasteiger partial charge in [0.2, 0.25) is 0 Å². The van der Waals surface area contributed by atoms with Crippen molar-refractivity contribution in [1.82, 2.24) is 5.32 Å². The van der Waals surface area contributed by atoms with Crippen molar-refractivity contribution in [2.75, 3.05) is 13.1 Å². The van der Waals surface area contributed by atoms with Gasteiger partial charge in [-0.15, -0.1) is 0 Å². The zero-order chi connectivity index (χ0) is 21.2. The molecule has 1 amide bonds. The van der Waals surface area contributed by atoms with Crippen molar-refractivity contribution in [1.29, 1.82) is 0 Å². The van der Waals surface area contributed by atoms with E-state index in [0.717, 1.165) is 17.5 Å². The molecule has 3 N–H and O–H groups in total. The molecule has 30 heavy (non-hydrogen) atoms. The molecule has 156 valence electrons. The molecule has 0 aliphatic carbocycles. The fourth-order valence-electron chi connectivity index (χ4n) is 3.27. The summed E-state index contributed by atoms with van der Waals surface area (Å²) in [6.07, 6.45) is 0.778. The standard InChI is InChI=1S/C24H24F2N2O2/c25-24(26)30-21-13-11-20(12-14-21)23(19-9-5-2-6-10-19)28-17-22(29)27-16-15-18-7-3-1-4-8-18/h1-14,23-24,28H,15-17H2,(H,27,29)/p+1/t23-/m1/s1. The summed E-state index contributed by atoms with van der Waals surface area (Å²) < 4.78 is 29.2. The van der Waals surface area contributed by atoms with Gasteiger partial charge < -0.3 is 15.4 Å². The first-order valence-corrected chi connectivity index (χ1v) is 9.85. The number of carbonyl (C=O) groups excluding carboxylic acids is 1. The van der Waals surface area contributed by atoms with E-state index in [-0.39, 0.29) is 24.2 Å². The molecule has 3 aromatic rings. The molecule has 0 unspecified atom stereocenters. The number of nitrogens with one attached hydrogen (secondary N) is 1. The number of amides is 1. The zero-order valence-electron chi connectivity index (χ0n) is 16.5. The molecule has 0 aliphatic rings. The van der Waals surface area contributed by atoms with Crippen LogP contribution in [0.15, 0.2) is 84.9 Å². The Morgan fingerprint density at radius 1 is 0.867 bits per heavy atom. The van der Waals surface area contributed by atoms with E-state index >= 15 is 0 Å². The second-order valence-electron chi connectivity index (χ2n) is 6.86. The van der Waals surface area contributed by atoms with Crippen LogP contribution < -0.4 is 15.4 Å². The first-order valence-electron chi connectivity index (χ1n) is 9.85. The predicted octanol–water partition coefficient (Wildman–Crippen LogP) is 3.30. The Morgan fingerprint density at radius 2 is 1.47 bits per heavy atom. The third kappa shape index (κ3) is 6.67. The lowest BCUT2D eigenvalue weighted by molar-refractivity contribution is -0.676. The van der Waals surface area contributed by atoms with E-state index in [1.54, 1.807) is 12.1 Å². The Balaban J connectivity index is 1.60. The number of carbonyl (C=O) groups is 1. The maximum Gasteiger partial charge on any atom is 0.387 e. The van der Waals surface area contributed by atoms with Crippen molar-refractivity contribution in [2.24, 2.45) is 0 Å². The minimum Gasteiger partial charge on any atom is -0.435 e. The normalized spacial score (nSPS) is 11.8. The largest absolute Gasteiger partial charge is 0.435 e. The summed E-state index contributed by atoms with van der Waals surface area (Å²) in [7, 11) is 0. The van der Waals surface area contributed by atoms with Crippen LogP contribution in [0.4, 0.5) is 8.78 Å². The molecule has 0 bridgehead atoms. The minimum atomic E-state index is -2.85. The first-order chi connectivity index (χ1) is 14.6. The molecule has 0 fully saturated rings. The summed E-state index contributed by atoms with van der Waals surface area (Å²) in [5.41, 5.74) is 3.10. The Labute approximate surface area is 174 Å². The highest BCUT2D eigenvalue weighted by Crippen LogP contribution is 2.22. The van der Waals surface area contributed by atoms with Crippen LogP contribution in [0.2, 0.25) is 0 Å². The van der Waals surface area contributed by atoms with E-state index < -0.39 is 6.61 Å². The molecule has 0 heterocycles. The molecule has 0 spiro atoms. The number of quaternary nitrogens is 1. The molecular formula is C24H25F2N2O2+. The van der Waals surface area contributed by atoms with Crippen LogP contribution in [0.3, 0.4) is 0 Å². The van der Waals surface area contributed by atoms with E-state index in [9.17, 15) is 13.6 Å². The van der Waals surface area contributed by atoms with Gasteiger partial charge in [-0.25, -0.2) is 0 Å². The third-order valence-electron chi connectivity index (χ3n) is 4.74. The number of halogens is 2. The monoisotopic (exact) mass is 411 g/mol. The van der Waals surface area contributed by atoms with Crippen molar-refractivity contribution in [3.8, 4) is 5.75 Å². The van der Waals surface area contributed by atoms with Gasteiger partial charge in [-0.05, 0) is 36.2 Å². The average Bonchev–Trinajstić information content (AvgIpc) is 2.76. The van der Waals surface area contributed by atoms with Gasteiger partial charge in [0.1, 0.15) is 11.8 Å². The second-order valence-corrected chi connectivity index (χ2v) is 6.86. The van der Waals surface area contributed by atoms with E-state index in [1.165, 1.54) is 17.7 Å². The number of hydrogen-bond donors (Lipinski definition) is 2. The van der Waals surface area contributed by atoms with Gasteiger partial charge in [-0.2, -0.15) is 8.78 Å². The average molecular weight is 411 g/mol. The van der Waals surface area contributed by atoms with Crippen molar-refractivity contribution in [3.63, 3.8) is 0 Å². The number of benzene rings is 3. The Hall–Kier alpha value is -3.25. The number of nitrogens with two attached hydrogens (primary N) is 1. The highest BCUT2D eigenvalue weighted by molar-refractivity contribution is 5.76. The van der Waals surface area contributed by atoms with Gasteiger partial charge in [-0.3, -0.25) is 4.79 Å². The molecule has 0 saturated carbocycles. The van der Waals surface area contributed by atoms with Crippen molar-refractivity contribution in [3.05, 3.63) is 102 Å². The van der Waals surface area contributed by atoms with E-state index in [4.69, 9.17) is 0 Å². The van der Waals surface area contributed by atoms with E-state index in [0.29, 0.717) is 6.54 Å². The summed E-state index contributed by atoms with van der Waals surface area (Å²) in [6.45, 7) is -2.03. The molecule has 4 nitrogen and oxygen atoms in total. The Morgan fingerprint density at radius 3 is 2.10 bits per heavy atom. The molecule has 0 radical (unpaired) electrons. The number of hydrogen-bond acceptors (Lipinski definition) is 2. The summed E-state index contributed by atoms with van der Waals surface area (Å²) in [5.74, 6) is 0.0590. The molecule has 0 aliphatic heterocycles. The van der Waals surface area contributed by atoms with Gasteiger partial charge in [0, 0.05) is 17.7 Å². The van der Waals surface area contributed by atoms with Crippen molar-refractivity contribution >= 4 is 5.91 Å². The molecule has 0 saturated heterocycles. The topological polar surface area (TPSA) is 54.9 Å². The van der Waals surface area contributed by atoms with Crippen molar-refractivity contribution < 1.29 is 23.6 Å². The molecule has 6 heteroatoms. The lowest BCUT2D eigenvalue weighted by atomic mass is 9.98. The Kier molecular flexibility index (Phi) is 7.92. The van der Waals surface area contributed by atoms with Crippen LogP contribution in [0, 0.1) is 0 Å². The summed E-state index contributed by atoms with van der Waals surface area (Å²) in [4.78, 5) is 12.3. The SMILES string of the molecule is O=C(C[NH2+][C@H](c1ccccc1)c1ccc(OC(F)F)cc1)NCCc1ccccc1. The zero-order valence-corrected chi connectivity index (χ0v) is 16.5. The number of ether oxygens (including phenoxy) is 1. The maximum atomic E-state index is 12.4. The molecule has 1 atom stereocenters. The van der Waals surface area contributed by atoms with Gasteiger partial charge in [0.25, 0.3) is 5.91 Å². The third-order valence-corrected chi connectivity index (χ3v) is 4.74. The van der Waals surface area contributed by atoms with E-state index in [1.807, 2.05) is 66.0 Å². The van der Waals surface area contributed by atoms with Crippen LogP contribution in [0.1, 0.15) is 22.7 Å². The van der Waals surface area contributed by atoms with Gasteiger partial charge in [0.05, 0.1) is 0 Å². The van der Waals surface area contributed by atoms with Crippen LogP contribution in [-0.4, -0.2) is 25.6 Å². The van der Waals surface area contributed by atoms with Gasteiger partial charge in [-0.1, -0.05) is 60.7 Å². The van der Waals surface area contributed by atoms with E-state index in [2.05, 4.69) is 10.1 Å². The Bertz CT molecular complexity index is 904. The van der Waals surface area contributed by atoms with Crippen LogP contribution in [0.5, 0.6) is 5.75 Å².